The van der Waals surface area contributed by atoms with Gasteiger partial charge in [-0.05, 0) is 18.9 Å². The number of nitrogens with one attached hydrogen (secondary N) is 1. The molecule has 0 bridgehead atoms. The van der Waals surface area contributed by atoms with Crippen LogP contribution >= 0.6 is 0 Å². The number of hydrogen-bond acceptors (Lipinski definition) is 4. The van der Waals surface area contributed by atoms with Gasteiger partial charge in [-0.3, -0.25) is 0 Å². The van der Waals surface area contributed by atoms with Gasteiger partial charge < -0.3 is 15.0 Å². The van der Waals surface area contributed by atoms with Gasteiger partial charge in [0.05, 0.1) is 12.0 Å². The van der Waals surface area contributed by atoms with Crippen molar-refractivity contribution in [2.45, 2.75) is 13.3 Å². The van der Waals surface area contributed by atoms with Crippen molar-refractivity contribution in [2.24, 2.45) is 0 Å². The average molecular weight is 231 g/mol. The molecule has 0 unspecified atom stereocenters. The van der Waals surface area contributed by atoms with Crippen LogP contribution in [0.1, 0.15) is 12.0 Å². The fourth-order valence-corrected chi connectivity index (χ4v) is 2.37. The lowest BCUT2D eigenvalue weighted by atomic mass is 10.1. The second kappa shape index (κ2) is 4.00. The van der Waals surface area contributed by atoms with Crippen LogP contribution in [0, 0.1) is 12.8 Å². The standard InChI is InChI=1S/C12H15N4O/c1-8-4-13-11-10(8)12(15-7-14-11)16-3-2-9(5-16)6-17/h4,7,17H,2-3,5-6H2,1H3,(H,13,14,15). The van der Waals surface area contributed by atoms with Gasteiger partial charge in [0.15, 0.2) is 0 Å². The Bertz CT molecular complexity index is 536. The molecule has 1 fully saturated rings. The Morgan fingerprint density at radius 2 is 2.35 bits per heavy atom. The van der Waals surface area contributed by atoms with Crippen LogP contribution < -0.4 is 4.90 Å². The van der Waals surface area contributed by atoms with E-state index in [-0.39, 0.29) is 6.61 Å². The summed E-state index contributed by atoms with van der Waals surface area (Å²) in [5.41, 5.74) is 2.04. The van der Waals surface area contributed by atoms with Crippen molar-refractivity contribution in [1.82, 2.24) is 15.0 Å². The molecule has 5 heteroatoms. The predicted octanol–water partition coefficient (Wildman–Crippen LogP) is 1.04. The van der Waals surface area contributed by atoms with E-state index < -0.39 is 0 Å². The minimum absolute atomic E-state index is 0.177. The number of hydrogen-bond donors (Lipinski definition) is 2. The fraction of sp³-hybridized carbons (Fsp3) is 0.417. The van der Waals surface area contributed by atoms with E-state index in [2.05, 4.69) is 26.8 Å². The highest BCUT2D eigenvalue weighted by Crippen LogP contribution is 2.30. The van der Waals surface area contributed by atoms with Crippen molar-refractivity contribution < 1.29 is 5.11 Å². The molecular formula is C12H15N4O. The third-order valence-electron chi connectivity index (χ3n) is 3.32. The molecule has 3 rings (SSSR count). The third kappa shape index (κ3) is 1.67. The van der Waals surface area contributed by atoms with E-state index in [4.69, 9.17) is 5.11 Å². The van der Waals surface area contributed by atoms with Crippen LogP contribution in [0.5, 0.6) is 0 Å². The first kappa shape index (κ1) is 10.5. The maximum Gasteiger partial charge on any atom is 0.143 e. The van der Waals surface area contributed by atoms with E-state index in [1.165, 1.54) is 5.92 Å². The highest BCUT2D eigenvalue weighted by Gasteiger charge is 2.25. The van der Waals surface area contributed by atoms with Crippen molar-refractivity contribution in [3.63, 3.8) is 0 Å². The van der Waals surface area contributed by atoms with Gasteiger partial charge in [0.1, 0.15) is 17.8 Å². The summed E-state index contributed by atoms with van der Waals surface area (Å²) >= 11 is 0. The minimum atomic E-state index is 0.177. The number of fused-ring (bicyclic) bond motifs is 1. The molecule has 2 N–H and O–H groups in total. The Morgan fingerprint density at radius 1 is 1.47 bits per heavy atom. The SMILES string of the molecule is Cc1c[nH]c2ncnc(N3CC[C](CO)C3)c12. The van der Waals surface area contributed by atoms with Gasteiger partial charge in [0.25, 0.3) is 0 Å². The van der Waals surface area contributed by atoms with Crippen molar-refractivity contribution in [3.05, 3.63) is 24.0 Å². The molecule has 0 aromatic carbocycles. The first-order chi connectivity index (χ1) is 8.29. The molecule has 0 aliphatic carbocycles. The summed E-state index contributed by atoms with van der Waals surface area (Å²) in [5, 5.41) is 10.2. The molecule has 2 aromatic rings. The van der Waals surface area contributed by atoms with Gasteiger partial charge in [-0.1, -0.05) is 0 Å². The smallest absolute Gasteiger partial charge is 0.143 e. The monoisotopic (exact) mass is 231 g/mol. The molecule has 1 saturated heterocycles. The number of aliphatic hydroxyl groups is 1. The second-order valence-corrected chi connectivity index (χ2v) is 4.47. The Balaban J connectivity index is 2.03. The molecule has 0 saturated carbocycles. The second-order valence-electron chi connectivity index (χ2n) is 4.47. The molecule has 0 spiro atoms. The van der Waals surface area contributed by atoms with Gasteiger partial charge in [0, 0.05) is 25.2 Å². The topological polar surface area (TPSA) is 65.0 Å². The normalized spacial score (nSPS) is 17.2. The van der Waals surface area contributed by atoms with Crippen LogP contribution in [-0.2, 0) is 0 Å². The summed E-state index contributed by atoms with van der Waals surface area (Å²) in [6, 6.07) is 0. The van der Waals surface area contributed by atoms with Crippen molar-refractivity contribution >= 4 is 16.9 Å². The molecule has 1 aliphatic heterocycles. The number of nitrogens with zero attached hydrogens (tertiary/aromatic N) is 3. The van der Waals surface area contributed by atoms with Crippen molar-refractivity contribution in [1.29, 1.82) is 0 Å². The molecule has 0 atom stereocenters. The van der Waals surface area contributed by atoms with Crippen molar-refractivity contribution in [3.8, 4) is 0 Å². The molecule has 3 heterocycles. The molecule has 1 radical (unpaired) electrons. The number of aromatic amines is 1. The van der Waals surface area contributed by atoms with E-state index in [0.717, 1.165) is 41.9 Å². The van der Waals surface area contributed by atoms with Crippen LogP contribution in [-0.4, -0.2) is 39.8 Å². The lowest BCUT2D eigenvalue weighted by molar-refractivity contribution is 0.307. The molecule has 5 nitrogen and oxygen atoms in total. The fourth-order valence-electron chi connectivity index (χ4n) is 2.37. The van der Waals surface area contributed by atoms with Gasteiger partial charge in [-0.15, -0.1) is 0 Å². The summed E-state index contributed by atoms with van der Waals surface area (Å²) < 4.78 is 0. The number of aryl methyl sites for hydroxylation is 1. The lowest BCUT2D eigenvalue weighted by Crippen LogP contribution is -2.21. The van der Waals surface area contributed by atoms with Gasteiger partial charge >= 0.3 is 0 Å². The van der Waals surface area contributed by atoms with E-state index in [0.29, 0.717) is 0 Å². The first-order valence-corrected chi connectivity index (χ1v) is 5.77. The van der Waals surface area contributed by atoms with E-state index in [1.807, 2.05) is 6.20 Å². The molecular weight excluding hydrogens is 216 g/mol. The number of rotatable bonds is 2. The highest BCUT2D eigenvalue weighted by atomic mass is 16.3. The third-order valence-corrected chi connectivity index (χ3v) is 3.32. The Morgan fingerprint density at radius 3 is 3.12 bits per heavy atom. The summed E-state index contributed by atoms with van der Waals surface area (Å²) in [6.07, 6.45) is 4.49. The van der Waals surface area contributed by atoms with Gasteiger partial charge in [-0.2, -0.15) is 0 Å². The zero-order chi connectivity index (χ0) is 11.8. The molecule has 2 aromatic heterocycles. The number of aromatic nitrogens is 3. The van der Waals surface area contributed by atoms with E-state index >= 15 is 0 Å². The first-order valence-electron chi connectivity index (χ1n) is 5.77. The zero-order valence-corrected chi connectivity index (χ0v) is 9.77. The number of H-pyrrole nitrogens is 1. The lowest BCUT2D eigenvalue weighted by Gasteiger charge is -2.17. The van der Waals surface area contributed by atoms with Gasteiger partial charge in [-0.25, -0.2) is 9.97 Å². The van der Waals surface area contributed by atoms with Crippen LogP contribution in [0.3, 0.4) is 0 Å². The summed E-state index contributed by atoms with van der Waals surface area (Å²) in [6.45, 7) is 3.95. The van der Waals surface area contributed by atoms with Crippen LogP contribution in [0.2, 0.25) is 0 Å². The molecule has 1 aliphatic rings. The van der Waals surface area contributed by atoms with Crippen LogP contribution in [0.15, 0.2) is 12.5 Å². The van der Waals surface area contributed by atoms with Gasteiger partial charge in [0.2, 0.25) is 0 Å². The van der Waals surface area contributed by atoms with E-state index in [9.17, 15) is 0 Å². The number of anilines is 1. The maximum atomic E-state index is 9.16. The minimum Gasteiger partial charge on any atom is -0.396 e. The average Bonchev–Trinajstić information content (AvgIpc) is 2.96. The quantitative estimate of drug-likeness (QED) is 0.810. The largest absolute Gasteiger partial charge is 0.396 e. The van der Waals surface area contributed by atoms with Crippen molar-refractivity contribution in [2.75, 3.05) is 24.6 Å². The predicted molar refractivity (Wildman–Crippen MR) is 65.8 cm³/mol. The highest BCUT2D eigenvalue weighted by molar-refractivity contribution is 5.90. The molecule has 17 heavy (non-hydrogen) atoms. The van der Waals surface area contributed by atoms with E-state index in [1.54, 1.807) is 6.33 Å². The van der Waals surface area contributed by atoms with Crippen LogP contribution in [0.4, 0.5) is 5.82 Å². The summed E-state index contributed by atoms with van der Waals surface area (Å²) in [7, 11) is 0. The maximum absolute atomic E-state index is 9.16. The summed E-state index contributed by atoms with van der Waals surface area (Å²) in [4.78, 5) is 14.0. The Hall–Kier alpha value is -1.62. The van der Waals surface area contributed by atoms with Crippen LogP contribution in [0.25, 0.3) is 11.0 Å². The Labute approximate surface area is 99.5 Å². The molecule has 89 valence electrons. The zero-order valence-electron chi connectivity index (χ0n) is 9.77. The summed E-state index contributed by atoms with van der Waals surface area (Å²) in [5.74, 6) is 2.14. The Kier molecular flexibility index (Phi) is 2.48. The number of aliphatic hydroxyl groups excluding tert-OH is 1. The molecule has 0 amide bonds.